The molecule has 1 aromatic rings. The van der Waals surface area contributed by atoms with E-state index in [0.717, 1.165) is 10.5 Å². The molecular formula is C15H17F3N2O3. The van der Waals surface area contributed by atoms with Crippen LogP contribution >= 0.6 is 0 Å². The summed E-state index contributed by atoms with van der Waals surface area (Å²) in [5.74, 6) is -5.18. The highest BCUT2D eigenvalue weighted by molar-refractivity contribution is 5.77. The maximum Gasteiger partial charge on any atom is 0.394 e. The summed E-state index contributed by atoms with van der Waals surface area (Å²) in [6.45, 7) is -0.790. The van der Waals surface area contributed by atoms with Gasteiger partial charge < -0.3 is 15.3 Å². The summed E-state index contributed by atoms with van der Waals surface area (Å²) < 4.78 is 38.6. The lowest BCUT2D eigenvalue weighted by atomic mass is 9.96. The molecule has 0 aliphatic carbocycles. The van der Waals surface area contributed by atoms with Gasteiger partial charge in [-0.2, -0.15) is 13.2 Å². The Morgan fingerprint density at radius 1 is 1.22 bits per heavy atom. The van der Waals surface area contributed by atoms with E-state index in [1.165, 1.54) is 0 Å². The molecule has 0 unspecified atom stereocenters. The summed E-state index contributed by atoms with van der Waals surface area (Å²) in [6, 6.07) is 8.64. The second kappa shape index (κ2) is 6.89. The molecule has 0 spiro atoms. The second-order valence-electron chi connectivity index (χ2n) is 5.47. The summed E-state index contributed by atoms with van der Waals surface area (Å²) in [5.41, 5.74) is 0.991. The molecule has 8 heteroatoms. The van der Waals surface area contributed by atoms with Crippen molar-refractivity contribution in [2.75, 3.05) is 19.6 Å². The quantitative estimate of drug-likeness (QED) is 0.889. The molecule has 2 amide bonds. The molecule has 1 aromatic carbocycles. The average Bonchev–Trinajstić information content (AvgIpc) is 2.94. The van der Waals surface area contributed by atoms with Crippen molar-refractivity contribution in [1.29, 1.82) is 0 Å². The predicted molar refractivity (Wildman–Crippen MR) is 75.8 cm³/mol. The summed E-state index contributed by atoms with van der Waals surface area (Å²) in [7, 11) is 0. The molecule has 1 aliphatic rings. The molecule has 2 N–H and O–H groups in total. The Balaban J connectivity index is 1.89. The Labute approximate surface area is 131 Å². The van der Waals surface area contributed by atoms with Crippen molar-refractivity contribution in [1.82, 2.24) is 10.2 Å². The van der Waals surface area contributed by atoms with E-state index >= 15 is 0 Å². The van der Waals surface area contributed by atoms with Gasteiger partial charge in [0.05, 0.1) is 11.8 Å². The molecule has 1 saturated heterocycles. The summed E-state index contributed by atoms with van der Waals surface area (Å²) in [6.07, 6.45) is -4.09. The average molecular weight is 330 g/mol. The molecular weight excluding hydrogens is 313 g/mol. The van der Waals surface area contributed by atoms with Crippen LogP contribution in [0.15, 0.2) is 30.3 Å². The Morgan fingerprint density at radius 2 is 1.87 bits per heavy atom. The van der Waals surface area contributed by atoms with Crippen LogP contribution in [0.25, 0.3) is 0 Å². The molecule has 1 fully saturated rings. The number of carboxylic acids is 1. The van der Waals surface area contributed by atoms with Crippen molar-refractivity contribution < 1.29 is 27.9 Å². The largest absolute Gasteiger partial charge is 0.481 e. The number of rotatable bonds is 4. The molecule has 0 aromatic heterocycles. The van der Waals surface area contributed by atoms with Crippen molar-refractivity contribution in [2.45, 2.75) is 12.6 Å². The van der Waals surface area contributed by atoms with E-state index in [4.69, 9.17) is 5.11 Å². The summed E-state index contributed by atoms with van der Waals surface area (Å²) in [5, 5.41) is 11.4. The minimum absolute atomic E-state index is 0.272. The summed E-state index contributed by atoms with van der Waals surface area (Å²) in [4.78, 5) is 23.8. The van der Waals surface area contributed by atoms with Gasteiger partial charge in [-0.3, -0.25) is 4.79 Å². The number of nitrogens with zero attached hydrogens (tertiary/aromatic N) is 1. The number of nitrogens with one attached hydrogen (secondary N) is 1. The molecule has 1 heterocycles. The van der Waals surface area contributed by atoms with Gasteiger partial charge in [0.2, 0.25) is 0 Å². The van der Waals surface area contributed by atoms with E-state index in [-0.39, 0.29) is 6.54 Å². The third-order valence-electron chi connectivity index (χ3n) is 3.88. The van der Waals surface area contributed by atoms with Crippen LogP contribution in [-0.2, 0) is 11.2 Å². The van der Waals surface area contributed by atoms with Crippen molar-refractivity contribution in [3.8, 4) is 0 Å². The van der Waals surface area contributed by atoms with Crippen LogP contribution < -0.4 is 5.32 Å². The van der Waals surface area contributed by atoms with Crippen LogP contribution in [-0.4, -0.2) is 47.8 Å². The minimum atomic E-state index is -4.64. The lowest BCUT2D eigenvalue weighted by Gasteiger charge is -2.18. The van der Waals surface area contributed by atoms with Gasteiger partial charge in [-0.15, -0.1) is 0 Å². The Morgan fingerprint density at radius 3 is 2.39 bits per heavy atom. The number of carbonyl (C=O) groups is 2. The number of hydrogen-bond acceptors (Lipinski definition) is 2. The van der Waals surface area contributed by atoms with Gasteiger partial charge in [0.25, 0.3) is 0 Å². The smallest absolute Gasteiger partial charge is 0.394 e. The third-order valence-corrected chi connectivity index (χ3v) is 3.88. The second-order valence-corrected chi connectivity index (χ2v) is 5.47. The van der Waals surface area contributed by atoms with Crippen LogP contribution in [0.4, 0.5) is 18.0 Å². The third kappa shape index (κ3) is 4.37. The van der Waals surface area contributed by atoms with E-state index in [1.54, 1.807) is 0 Å². The standard InChI is InChI=1S/C15H17F3N2O3/c16-15(17,18)12-9-20(8-11(12)13(21)22)14(23)19-7-6-10-4-2-1-3-5-10/h1-5,11-12H,6-9H2,(H,19,23)(H,21,22)/t11-,12-/m1/s1. The van der Waals surface area contributed by atoms with Gasteiger partial charge in [-0.05, 0) is 12.0 Å². The first-order chi connectivity index (χ1) is 10.8. The number of carbonyl (C=O) groups excluding carboxylic acids is 1. The van der Waals surface area contributed by atoms with Crippen molar-refractivity contribution in [3.63, 3.8) is 0 Å². The number of likely N-dealkylation sites (tertiary alicyclic amines) is 1. The fourth-order valence-corrected chi connectivity index (χ4v) is 2.62. The van der Waals surface area contributed by atoms with Crippen LogP contribution in [0.5, 0.6) is 0 Å². The Hall–Kier alpha value is -2.25. The van der Waals surface area contributed by atoms with Gasteiger partial charge in [0.15, 0.2) is 0 Å². The van der Waals surface area contributed by atoms with E-state index in [9.17, 15) is 22.8 Å². The number of benzene rings is 1. The van der Waals surface area contributed by atoms with Gasteiger partial charge in [0, 0.05) is 19.6 Å². The van der Waals surface area contributed by atoms with E-state index < -0.39 is 43.1 Å². The topological polar surface area (TPSA) is 69.6 Å². The fraction of sp³-hybridized carbons (Fsp3) is 0.467. The van der Waals surface area contributed by atoms with Crippen molar-refractivity contribution >= 4 is 12.0 Å². The van der Waals surface area contributed by atoms with Crippen molar-refractivity contribution in [3.05, 3.63) is 35.9 Å². The number of amides is 2. The fourth-order valence-electron chi connectivity index (χ4n) is 2.62. The molecule has 0 bridgehead atoms. The molecule has 5 nitrogen and oxygen atoms in total. The molecule has 2 atom stereocenters. The Kier molecular flexibility index (Phi) is 5.12. The number of hydrogen-bond donors (Lipinski definition) is 2. The molecule has 23 heavy (non-hydrogen) atoms. The zero-order valence-electron chi connectivity index (χ0n) is 12.2. The highest BCUT2D eigenvalue weighted by Crippen LogP contribution is 2.37. The number of carboxylic acid groups (broad SMARTS) is 1. The molecule has 126 valence electrons. The molecule has 2 rings (SSSR count). The molecule has 0 saturated carbocycles. The van der Waals surface area contributed by atoms with Gasteiger partial charge in [-0.1, -0.05) is 30.3 Å². The number of alkyl halides is 3. The zero-order valence-corrected chi connectivity index (χ0v) is 12.2. The highest BCUT2D eigenvalue weighted by Gasteiger charge is 2.53. The first kappa shape index (κ1) is 17.1. The van der Waals surface area contributed by atoms with E-state index in [2.05, 4.69) is 5.32 Å². The first-order valence-corrected chi connectivity index (χ1v) is 7.15. The molecule has 0 radical (unpaired) electrons. The van der Waals surface area contributed by atoms with Crippen LogP contribution in [0, 0.1) is 11.8 Å². The normalized spacial score (nSPS) is 21.3. The van der Waals surface area contributed by atoms with Gasteiger partial charge in [0.1, 0.15) is 0 Å². The number of urea groups is 1. The van der Waals surface area contributed by atoms with Crippen molar-refractivity contribution in [2.24, 2.45) is 11.8 Å². The lowest BCUT2D eigenvalue weighted by Crippen LogP contribution is -2.40. The monoisotopic (exact) mass is 330 g/mol. The van der Waals surface area contributed by atoms with E-state index in [0.29, 0.717) is 6.42 Å². The SMILES string of the molecule is O=C(O)[C@@H]1CN(C(=O)NCCc2ccccc2)C[C@H]1C(F)(F)F. The first-order valence-electron chi connectivity index (χ1n) is 7.15. The highest BCUT2D eigenvalue weighted by atomic mass is 19.4. The number of aliphatic carboxylic acids is 1. The van der Waals surface area contributed by atoms with Gasteiger partial charge >= 0.3 is 18.2 Å². The predicted octanol–water partition coefficient (Wildman–Crippen LogP) is 2.13. The Bertz CT molecular complexity index is 563. The minimum Gasteiger partial charge on any atom is -0.481 e. The van der Waals surface area contributed by atoms with Crippen LogP contribution in [0.2, 0.25) is 0 Å². The number of halogens is 3. The molecule has 1 aliphatic heterocycles. The van der Waals surface area contributed by atoms with Gasteiger partial charge in [-0.25, -0.2) is 4.79 Å². The van der Waals surface area contributed by atoms with Crippen LogP contribution in [0.3, 0.4) is 0 Å². The summed E-state index contributed by atoms with van der Waals surface area (Å²) >= 11 is 0. The van der Waals surface area contributed by atoms with E-state index in [1.807, 2.05) is 30.3 Å². The zero-order chi connectivity index (χ0) is 17.0. The lowest BCUT2D eigenvalue weighted by molar-refractivity contribution is -0.187. The maximum absolute atomic E-state index is 12.9. The van der Waals surface area contributed by atoms with Crippen LogP contribution in [0.1, 0.15) is 5.56 Å². The maximum atomic E-state index is 12.9.